The molecule has 2 N–H and O–H groups in total. The number of piperidine rings is 3. The highest BCUT2D eigenvalue weighted by molar-refractivity contribution is 5.95. The van der Waals surface area contributed by atoms with E-state index in [4.69, 9.17) is 5.73 Å². The lowest BCUT2D eigenvalue weighted by Crippen LogP contribution is -2.60. The Hall–Kier alpha value is -2.40. The van der Waals surface area contributed by atoms with Crippen LogP contribution in [0.1, 0.15) is 40.2 Å². The summed E-state index contributed by atoms with van der Waals surface area (Å²) in [7, 11) is 0. The van der Waals surface area contributed by atoms with E-state index in [1.165, 1.54) is 37.1 Å². The molecule has 1 aromatic heterocycles. The summed E-state index contributed by atoms with van der Waals surface area (Å²) in [6, 6.07) is 13.1. The van der Waals surface area contributed by atoms with Crippen LogP contribution in [0.4, 0.5) is 5.82 Å². The second-order valence-electron chi connectivity index (χ2n) is 8.30. The molecule has 1 amide bonds. The molecule has 0 radical (unpaired) electrons. The molecule has 5 nitrogen and oxygen atoms in total. The van der Waals surface area contributed by atoms with Crippen LogP contribution in [0.5, 0.6) is 0 Å². The first-order valence-corrected chi connectivity index (χ1v) is 9.95. The summed E-state index contributed by atoms with van der Waals surface area (Å²) in [5.41, 5.74) is 9.12. The highest BCUT2D eigenvalue weighted by Crippen LogP contribution is 2.47. The van der Waals surface area contributed by atoms with Gasteiger partial charge in [0.2, 0.25) is 0 Å². The number of pyridine rings is 1. The number of hydrogen-bond donors (Lipinski definition) is 1. The maximum Gasteiger partial charge on any atom is 0.254 e. The number of anilines is 1. The molecule has 0 unspecified atom stereocenters. The van der Waals surface area contributed by atoms with E-state index in [9.17, 15) is 4.79 Å². The quantitative estimate of drug-likeness (QED) is 0.892. The van der Waals surface area contributed by atoms with E-state index in [0.29, 0.717) is 35.3 Å². The Morgan fingerprint density at radius 1 is 1.11 bits per heavy atom. The number of likely N-dealkylation sites (tertiary alicyclic amines) is 1. The number of fused-ring (bicyclic) bond motifs is 2. The fourth-order valence-electron chi connectivity index (χ4n) is 5.51. The first-order chi connectivity index (χ1) is 13.1. The minimum Gasteiger partial charge on any atom is -0.384 e. The number of amides is 1. The van der Waals surface area contributed by atoms with E-state index in [-0.39, 0.29) is 5.91 Å². The third-order valence-electron chi connectivity index (χ3n) is 6.79. The molecule has 4 saturated heterocycles. The maximum atomic E-state index is 13.4. The van der Waals surface area contributed by atoms with Gasteiger partial charge in [-0.2, -0.15) is 0 Å². The SMILES string of the molecule is Cc1ccc([C@@H]2CN(C(=O)c3ccnc(N)c3)[C@H]3C4CCN(CC4)[C@@H]23)cc1. The zero-order valence-corrected chi connectivity index (χ0v) is 15.7. The maximum absolute atomic E-state index is 13.4. The molecule has 4 fully saturated rings. The van der Waals surface area contributed by atoms with Gasteiger partial charge < -0.3 is 10.6 Å². The van der Waals surface area contributed by atoms with Gasteiger partial charge in [0.1, 0.15) is 5.82 Å². The third-order valence-corrected chi connectivity index (χ3v) is 6.79. The predicted molar refractivity (Wildman–Crippen MR) is 105 cm³/mol. The number of rotatable bonds is 2. The van der Waals surface area contributed by atoms with Crippen LogP contribution >= 0.6 is 0 Å². The number of nitrogen functional groups attached to an aromatic ring is 1. The van der Waals surface area contributed by atoms with Crippen molar-refractivity contribution >= 4 is 11.7 Å². The Kier molecular flexibility index (Phi) is 3.93. The number of benzene rings is 1. The van der Waals surface area contributed by atoms with Crippen molar-refractivity contribution in [2.24, 2.45) is 5.92 Å². The number of carbonyl (C=O) groups is 1. The Balaban J connectivity index is 1.52. The smallest absolute Gasteiger partial charge is 0.254 e. The Morgan fingerprint density at radius 2 is 1.85 bits per heavy atom. The monoisotopic (exact) mass is 362 g/mol. The molecule has 4 aliphatic rings. The predicted octanol–water partition coefficient (Wildman–Crippen LogP) is 2.67. The molecule has 3 atom stereocenters. The fourth-order valence-corrected chi connectivity index (χ4v) is 5.51. The van der Waals surface area contributed by atoms with Crippen molar-refractivity contribution in [3.05, 3.63) is 59.3 Å². The fraction of sp³-hybridized carbons (Fsp3) is 0.455. The Morgan fingerprint density at radius 3 is 2.56 bits per heavy atom. The minimum atomic E-state index is 0.0995. The lowest BCUT2D eigenvalue weighted by Gasteiger charge is -2.51. The van der Waals surface area contributed by atoms with Crippen molar-refractivity contribution in [2.75, 3.05) is 25.4 Å². The first-order valence-electron chi connectivity index (χ1n) is 9.95. The van der Waals surface area contributed by atoms with Crippen LogP contribution in [0.15, 0.2) is 42.6 Å². The van der Waals surface area contributed by atoms with Gasteiger partial charge in [0.05, 0.1) is 6.04 Å². The van der Waals surface area contributed by atoms with E-state index < -0.39 is 0 Å². The second kappa shape index (κ2) is 6.34. The highest BCUT2D eigenvalue weighted by atomic mass is 16.2. The molecule has 0 aliphatic carbocycles. The third kappa shape index (κ3) is 2.72. The van der Waals surface area contributed by atoms with Crippen molar-refractivity contribution in [3.8, 4) is 0 Å². The van der Waals surface area contributed by atoms with Crippen molar-refractivity contribution in [3.63, 3.8) is 0 Å². The molecule has 6 rings (SSSR count). The summed E-state index contributed by atoms with van der Waals surface area (Å²) >= 11 is 0. The average molecular weight is 362 g/mol. The molecule has 0 saturated carbocycles. The summed E-state index contributed by atoms with van der Waals surface area (Å²) in [5, 5.41) is 0. The number of nitrogens with zero attached hydrogens (tertiary/aromatic N) is 3. The molecular formula is C22H26N4O. The largest absolute Gasteiger partial charge is 0.384 e. The van der Waals surface area contributed by atoms with E-state index in [2.05, 4.69) is 46.0 Å². The standard InChI is InChI=1S/C22H26N4O/c1-14-2-4-15(5-3-14)18-13-26(22(27)17-6-9-24-19(23)12-17)20-16-7-10-25(11-8-16)21(18)20/h2-6,9,12,16,18,20-21H,7-8,10-11,13H2,1H3,(H2,23,24)/t18-,20-,21-/m0/s1. The van der Waals surface area contributed by atoms with E-state index >= 15 is 0 Å². The number of carbonyl (C=O) groups excluding carboxylic acids is 1. The summed E-state index contributed by atoms with van der Waals surface area (Å²) < 4.78 is 0. The number of aromatic nitrogens is 1. The van der Waals surface area contributed by atoms with E-state index in [1.54, 1.807) is 18.3 Å². The molecule has 4 aliphatic heterocycles. The zero-order valence-electron chi connectivity index (χ0n) is 15.7. The van der Waals surface area contributed by atoms with Crippen LogP contribution in [0.2, 0.25) is 0 Å². The van der Waals surface area contributed by atoms with Crippen LogP contribution in [-0.2, 0) is 0 Å². The van der Waals surface area contributed by atoms with Crippen molar-refractivity contribution in [2.45, 2.75) is 37.8 Å². The lowest BCUT2D eigenvalue weighted by atomic mass is 9.75. The Labute approximate surface area is 160 Å². The molecule has 5 heteroatoms. The molecule has 5 heterocycles. The zero-order chi connectivity index (χ0) is 18.5. The summed E-state index contributed by atoms with van der Waals surface area (Å²) in [6.07, 6.45) is 4.03. The van der Waals surface area contributed by atoms with Crippen LogP contribution in [0.25, 0.3) is 0 Å². The van der Waals surface area contributed by atoms with Gasteiger partial charge in [0, 0.05) is 30.3 Å². The topological polar surface area (TPSA) is 62.5 Å². The van der Waals surface area contributed by atoms with Crippen LogP contribution in [0.3, 0.4) is 0 Å². The van der Waals surface area contributed by atoms with Crippen molar-refractivity contribution < 1.29 is 4.79 Å². The summed E-state index contributed by atoms with van der Waals surface area (Å²) in [5.74, 6) is 1.49. The minimum absolute atomic E-state index is 0.0995. The molecule has 27 heavy (non-hydrogen) atoms. The number of aryl methyl sites for hydroxylation is 1. The average Bonchev–Trinajstić information content (AvgIpc) is 3.12. The van der Waals surface area contributed by atoms with E-state index in [1.807, 2.05) is 0 Å². The molecular weight excluding hydrogens is 336 g/mol. The Bertz CT molecular complexity index is 857. The molecule has 140 valence electrons. The van der Waals surface area contributed by atoms with Gasteiger partial charge in [-0.05, 0) is 56.5 Å². The van der Waals surface area contributed by atoms with Gasteiger partial charge in [-0.15, -0.1) is 0 Å². The molecule has 2 aromatic rings. The molecule has 2 bridgehead atoms. The van der Waals surface area contributed by atoms with Crippen molar-refractivity contribution in [1.82, 2.24) is 14.8 Å². The molecule has 1 aromatic carbocycles. The lowest BCUT2D eigenvalue weighted by molar-refractivity contribution is -0.00340. The second-order valence-corrected chi connectivity index (χ2v) is 8.30. The highest BCUT2D eigenvalue weighted by Gasteiger charge is 2.54. The normalized spacial score (nSPS) is 31.7. The molecule has 0 spiro atoms. The number of nitrogens with two attached hydrogens (primary N) is 1. The van der Waals surface area contributed by atoms with Crippen LogP contribution < -0.4 is 5.73 Å². The van der Waals surface area contributed by atoms with Crippen LogP contribution in [0, 0.1) is 12.8 Å². The van der Waals surface area contributed by atoms with Gasteiger partial charge >= 0.3 is 0 Å². The first kappa shape index (κ1) is 16.8. The summed E-state index contributed by atoms with van der Waals surface area (Å²) in [6.45, 7) is 5.24. The van der Waals surface area contributed by atoms with Crippen LogP contribution in [-0.4, -0.2) is 52.4 Å². The van der Waals surface area contributed by atoms with Crippen molar-refractivity contribution in [1.29, 1.82) is 0 Å². The van der Waals surface area contributed by atoms with Gasteiger partial charge in [-0.25, -0.2) is 4.98 Å². The summed E-state index contributed by atoms with van der Waals surface area (Å²) in [4.78, 5) is 22.2. The number of hydrogen-bond acceptors (Lipinski definition) is 4. The van der Waals surface area contributed by atoms with Gasteiger partial charge in [0.25, 0.3) is 5.91 Å². The van der Waals surface area contributed by atoms with E-state index in [0.717, 1.165) is 6.54 Å². The van der Waals surface area contributed by atoms with Gasteiger partial charge in [-0.3, -0.25) is 9.69 Å². The van der Waals surface area contributed by atoms with Gasteiger partial charge in [0.15, 0.2) is 0 Å². The van der Waals surface area contributed by atoms with Gasteiger partial charge in [-0.1, -0.05) is 29.8 Å².